The van der Waals surface area contributed by atoms with Crippen LogP contribution >= 0.6 is 0 Å². The summed E-state index contributed by atoms with van der Waals surface area (Å²) in [4.78, 5) is 28.5. The van der Waals surface area contributed by atoms with Gasteiger partial charge in [0.05, 0.1) is 13.7 Å². The fraction of sp³-hybridized carbons (Fsp3) is 0.238. The van der Waals surface area contributed by atoms with Crippen molar-refractivity contribution in [2.24, 2.45) is 5.92 Å². The van der Waals surface area contributed by atoms with E-state index in [0.29, 0.717) is 11.5 Å². The average Bonchev–Trinajstić information content (AvgIpc) is 3.09. The highest BCUT2D eigenvalue weighted by Gasteiger charge is 2.45. The van der Waals surface area contributed by atoms with Crippen LogP contribution in [0.4, 0.5) is 0 Å². The van der Waals surface area contributed by atoms with Crippen molar-refractivity contribution >= 4 is 22.8 Å². The number of rotatable bonds is 4. The smallest absolute Gasteiger partial charge is 0.326 e. The molecule has 6 nitrogen and oxygen atoms in total. The van der Waals surface area contributed by atoms with Crippen LogP contribution in [0.25, 0.3) is 10.9 Å². The molecule has 0 fully saturated rings. The van der Waals surface area contributed by atoms with E-state index in [-0.39, 0.29) is 6.61 Å². The van der Waals surface area contributed by atoms with Crippen molar-refractivity contribution in [1.82, 2.24) is 4.98 Å². The van der Waals surface area contributed by atoms with Gasteiger partial charge in [-0.25, -0.2) is 0 Å². The second-order valence-electron chi connectivity index (χ2n) is 6.32. The van der Waals surface area contributed by atoms with Crippen LogP contribution in [0.2, 0.25) is 0 Å². The van der Waals surface area contributed by atoms with Crippen LogP contribution in [0.15, 0.2) is 48.7 Å². The SMILES string of the molecule is CCOC(=O)[C@H]1C(=O)Oc2ccccc2[C@@H]1c1c[nH]c2ccc(OC)cc12. The second kappa shape index (κ2) is 6.79. The number of carbonyl (C=O) groups is 2. The van der Waals surface area contributed by atoms with Crippen molar-refractivity contribution < 1.29 is 23.8 Å². The van der Waals surface area contributed by atoms with Gasteiger partial charge in [-0.05, 0) is 36.8 Å². The number of para-hydroxylation sites is 1. The molecule has 4 rings (SSSR count). The Morgan fingerprint density at radius 1 is 1.19 bits per heavy atom. The fourth-order valence-corrected chi connectivity index (χ4v) is 3.63. The minimum Gasteiger partial charge on any atom is -0.497 e. The van der Waals surface area contributed by atoms with Crippen molar-refractivity contribution in [3.63, 3.8) is 0 Å². The van der Waals surface area contributed by atoms with Gasteiger partial charge in [0.1, 0.15) is 11.5 Å². The first kappa shape index (κ1) is 17.1. The number of benzene rings is 2. The molecule has 1 N–H and O–H groups in total. The molecule has 0 amide bonds. The zero-order chi connectivity index (χ0) is 19.0. The van der Waals surface area contributed by atoms with Crippen LogP contribution < -0.4 is 9.47 Å². The molecule has 27 heavy (non-hydrogen) atoms. The lowest BCUT2D eigenvalue weighted by atomic mass is 9.78. The maximum atomic E-state index is 12.7. The first-order valence-corrected chi connectivity index (χ1v) is 8.76. The van der Waals surface area contributed by atoms with Gasteiger partial charge in [0.2, 0.25) is 0 Å². The molecule has 2 aromatic carbocycles. The Morgan fingerprint density at radius 2 is 2.00 bits per heavy atom. The maximum Gasteiger partial charge on any atom is 0.326 e. The van der Waals surface area contributed by atoms with E-state index in [1.165, 1.54) is 0 Å². The van der Waals surface area contributed by atoms with Crippen LogP contribution in [0.1, 0.15) is 24.0 Å². The average molecular weight is 365 g/mol. The molecule has 1 aliphatic rings. The van der Waals surface area contributed by atoms with Gasteiger partial charge < -0.3 is 19.2 Å². The van der Waals surface area contributed by atoms with Gasteiger partial charge in [-0.1, -0.05) is 18.2 Å². The first-order chi connectivity index (χ1) is 13.1. The summed E-state index contributed by atoms with van der Waals surface area (Å²) in [5.74, 6) is -1.60. The van der Waals surface area contributed by atoms with Gasteiger partial charge >= 0.3 is 11.9 Å². The standard InChI is InChI=1S/C21H19NO5/c1-3-26-20(23)19-18(13-6-4-5-7-17(13)27-21(19)24)15-11-22-16-9-8-12(25-2)10-14(15)16/h4-11,18-19,22H,3H2,1-2H3/t18-,19+/m1/s1. The van der Waals surface area contributed by atoms with E-state index in [1.807, 2.05) is 36.5 Å². The maximum absolute atomic E-state index is 12.7. The second-order valence-corrected chi connectivity index (χ2v) is 6.32. The predicted octanol–water partition coefficient (Wildman–Crippen LogP) is 3.41. The molecular weight excluding hydrogens is 346 g/mol. The summed E-state index contributed by atoms with van der Waals surface area (Å²) in [5, 5.41) is 0.887. The molecule has 0 aliphatic carbocycles. The number of nitrogens with one attached hydrogen (secondary N) is 1. The first-order valence-electron chi connectivity index (χ1n) is 8.76. The van der Waals surface area contributed by atoms with E-state index in [1.54, 1.807) is 26.2 Å². The molecule has 2 atom stereocenters. The molecule has 1 aliphatic heterocycles. The van der Waals surface area contributed by atoms with Crippen LogP contribution in [-0.2, 0) is 14.3 Å². The van der Waals surface area contributed by atoms with Gasteiger partial charge in [-0.2, -0.15) is 0 Å². The van der Waals surface area contributed by atoms with Crippen LogP contribution in [-0.4, -0.2) is 30.6 Å². The molecule has 6 heteroatoms. The van der Waals surface area contributed by atoms with Crippen molar-refractivity contribution in [3.8, 4) is 11.5 Å². The molecule has 0 bridgehead atoms. The number of carbonyl (C=O) groups excluding carboxylic acids is 2. The summed E-state index contributed by atoms with van der Waals surface area (Å²) >= 11 is 0. The Labute approximate surface area is 156 Å². The van der Waals surface area contributed by atoms with E-state index < -0.39 is 23.8 Å². The molecule has 0 spiro atoms. The molecule has 2 heterocycles. The zero-order valence-electron chi connectivity index (χ0n) is 15.0. The third-order valence-corrected chi connectivity index (χ3v) is 4.85. The number of hydrogen-bond acceptors (Lipinski definition) is 5. The van der Waals surface area contributed by atoms with Gasteiger partial charge in [0, 0.05) is 28.6 Å². The molecule has 3 aromatic rings. The summed E-state index contributed by atoms with van der Waals surface area (Å²) in [6, 6.07) is 12.9. The normalized spacial score (nSPS) is 18.7. The Balaban J connectivity index is 1.93. The Bertz CT molecular complexity index is 1020. The number of ether oxygens (including phenoxy) is 3. The van der Waals surface area contributed by atoms with Crippen molar-refractivity contribution in [2.75, 3.05) is 13.7 Å². The van der Waals surface area contributed by atoms with Gasteiger partial charge in [-0.15, -0.1) is 0 Å². The highest BCUT2D eigenvalue weighted by Crippen LogP contribution is 2.45. The fourth-order valence-electron chi connectivity index (χ4n) is 3.63. The summed E-state index contributed by atoms with van der Waals surface area (Å²) in [5.41, 5.74) is 2.50. The quantitative estimate of drug-likeness (QED) is 0.436. The number of methoxy groups -OCH3 is 1. The van der Waals surface area contributed by atoms with Crippen molar-refractivity contribution in [2.45, 2.75) is 12.8 Å². The summed E-state index contributed by atoms with van der Waals surface area (Å²) in [7, 11) is 1.60. The molecule has 0 saturated heterocycles. The molecule has 0 unspecified atom stereocenters. The number of aromatic nitrogens is 1. The molecular formula is C21H19NO5. The lowest BCUT2D eigenvalue weighted by molar-refractivity contribution is -0.158. The Morgan fingerprint density at radius 3 is 2.78 bits per heavy atom. The van der Waals surface area contributed by atoms with Crippen LogP contribution in [0, 0.1) is 5.92 Å². The molecule has 0 saturated carbocycles. The lowest BCUT2D eigenvalue weighted by Crippen LogP contribution is -2.38. The highest BCUT2D eigenvalue weighted by atomic mass is 16.6. The van der Waals surface area contributed by atoms with Gasteiger partial charge in [0.25, 0.3) is 0 Å². The number of fused-ring (bicyclic) bond motifs is 2. The predicted molar refractivity (Wildman–Crippen MR) is 98.9 cm³/mol. The summed E-state index contributed by atoms with van der Waals surface area (Å²) < 4.78 is 15.9. The molecule has 0 radical (unpaired) electrons. The summed E-state index contributed by atoms with van der Waals surface area (Å²) in [6.07, 6.45) is 1.83. The van der Waals surface area contributed by atoms with Crippen LogP contribution in [0.3, 0.4) is 0 Å². The summed E-state index contributed by atoms with van der Waals surface area (Å²) in [6.45, 7) is 1.91. The molecule has 1 aromatic heterocycles. The molecule has 138 valence electrons. The van der Waals surface area contributed by atoms with E-state index in [4.69, 9.17) is 14.2 Å². The van der Waals surface area contributed by atoms with E-state index >= 15 is 0 Å². The third-order valence-electron chi connectivity index (χ3n) is 4.85. The van der Waals surface area contributed by atoms with E-state index in [0.717, 1.165) is 22.0 Å². The van der Waals surface area contributed by atoms with E-state index in [9.17, 15) is 9.59 Å². The van der Waals surface area contributed by atoms with Crippen LogP contribution in [0.5, 0.6) is 11.5 Å². The topological polar surface area (TPSA) is 77.6 Å². The largest absolute Gasteiger partial charge is 0.497 e. The third kappa shape index (κ3) is 2.83. The number of H-pyrrole nitrogens is 1. The minimum atomic E-state index is -1.06. The van der Waals surface area contributed by atoms with Crippen molar-refractivity contribution in [1.29, 1.82) is 0 Å². The highest BCUT2D eigenvalue weighted by molar-refractivity contribution is 6.00. The zero-order valence-corrected chi connectivity index (χ0v) is 15.0. The lowest BCUT2D eigenvalue weighted by Gasteiger charge is -2.30. The minimum absolute atomic E-state index is 0.193. The Kier molecular flexibility index (Phi) is 4.32. The van der Waals surface area contributed by atoms with Gasteiger partial charge in [-0.3, -0.25) is 9.59 Å². The number of hydrogen-bond donors (Lipinski definition) is 1. The Hall–Kier alpha value is -3.28. The number of esters is 2. The number of aromatic amines is 1. The van der Waals surface area contributed by atoms with E-state index in [2.05, 4.69) is 4.98 Å². The van der Waals surface area contributed by atoms with Crippen molar-refractivity contribution in [3.05, 3.63) is 59.8 Å². The van der Waals surface area contributed by atoms with Gasteiger partial charge in [0.15, 0.2) is 5.92 Å². The monoisotopic (exact) mass is 365 g/mol.